The average molecular weight is 424 g/mol. The van der Waals surface area contributed by atoms with Gasteiger partial charge >= 0.3 is 6.09 Å². The first-order valence-electron chi connectivity index (χ1n) is 7.86. The number of hydrogen-bond donors (Lipinski definition) is 2. The first-order chi connectivity index (χ1) is 12.4. The molecule has 0 aromatic heterocycles. The average Bonchev–Trinajstić information content (AvgIpc) is 2.51. The molecule has 152 valence electrons. The zero-order valence-electron chi connectivity index (χ0n) is 15.3. The Bertz CT molecular complexity index is 794. The van der Waals surface area contributed by atoms with Gasteiger partial charge in [0.1, 0.15) is 11.6 Å². The summed E-state index contributed by atoms with van der Waals surface area (Å²) in [4.78, 5) is 23.6. The zero-order chi connectivity index (χ0) is 20.8. The molecule has 1 unspecified atom stereocenters. The van der Waals surface area contributed by atoms with Crippen molar-refractivity contribution in [3.63, 3.8) is 0 Å². The summed E-state index contributed by atoms with van der Waals surface area (Å²) in [5, 5.41) is 2.32. The van der Waals surface area contributed by atoms with Gasteiger partial charge in [0.2, 0.25) is 0 Å². The number of halogens is 2. The van der Waals surface area contributed by atoms with Crippen molar-refractivity contribution >= 4 is 33.8 Å². The molecule has 0 aliphatic carbocycles. The van der Waals surface area contributed by atoms with Gasteiger partial charge < -0.3 is 10.1 Å². The maximum atomic E-state index is 13.3. The molecule has 0 aliphatic heterocycles. The highest BCUT2D eigenvalue weighted by Crippen LogP contribution is 2.14. The Morgan fingerprint density at radius 3 is 2.37 bits per heavy atom. The van der Waals surface area contributed by atoms with E-state index < -0.39 is 50.2 Å². The number of alkyl carbamates (subject to hydrolysis) is 1. The van der Waals surface area contributed by atoms with Gasteiger partial charge in [-0.1, -0.05) is 0 Å². The summed E-state index contributed by atoms with van der Waals surface area (Å²) in [5.74, 6) is -3.14. The van der Waals surface area contributed by atoms with Crippen molar-refractivity contribution in [2.45, 2.75) is 43.7 Å². The minimum atomic E-state index is -4.44. The Hall–Kier alpha value is -1.88. The van der Waals surface area contributed by atoms with Crippen molar-refractivity contribution in [1.82, 2.24) is 10.0 Å². The molecule has 1 rings (SSSR count). The van der Waals surface area contributed by atoms with E-state index in [1.165, 1.54) is 11.8 Å². The van der Waals surface area contributed by atoms with Crippen LogP contribution < -0.4 is 10.0 Å². The molecule has 0 fully saturated rings. The molecular formula is C16H22F2N2O5S2. The maximum Gasteiger partial charge on any atom is 0.408 e. The van der Waals surface area contributed by atoms with E-state index in [0.717, 1.165) is 6.07 Å². The number of nitrogens with one attached hydrogen (secondary N) is 2. The molecule has 1 aromatic rings. The molecule has 1 aromatic carbocycles. The smallest absolute Gasteiger partial charge is 0.408 e. The van der Waals surface area contributed by atoms with Gasteiger partial charge in [-0.15, -0.1) is 0 Å². The van der Waals surface area contributed by atoms with Crippen molar-refractivity contribution in [3.05, 3.63) is 29.8 Å². The molecule has 11 heteroatoms. The molecule has 0 saturated carbocycles. The lowest BCUT2D eigenvalue weighted by atomic mass is 10.2. The Balaban J connectivity index is 2.94. The van der Waals surface area contributed by atoms with Crippen LogP contribution in [0.2, 0.25) is 0 Å². The Morgan fingerprint density at radius 2 is 1.85 bits per heavy atom. The van der Waals surface area contributed by atoms with Crippen molar-refractivity contribution in [3.8, 4) is 0 Å². The Kier molecular flexibility index (Phi) is 8.03. The molecule has 2 amide bonds. The Labute approximate surface area is 161 Å². The lowest BCUT2D eigenvalue weighted by Gasteiger charge is -2.23. The third kappa shape index (κ3) is 7.71. The van der Waals surface area contributed by atoms with E-state index in [1.54, 1.807) is 31.7 Å². The first kappa shape index (κ1) is 23.2. The van der Waals surface area contributed by atoms with Crippen molar-refractivity contribution in [1.29, 1.82) is 0 Å². The molecule has 0 radical (unpaired) electrons. The van der Waals surface area contributed by atoms with Gasteiger partial charge in [-0.3, -0.25) is 4.79 Å². The van der Waals surface area contributed by atoms with Crippen LogP contribution in [0.3, 0.4) is 0 Å². The van der Waals surface area contributed by atoms with Gasteiger partial charge in [-0.25, -0.2) is 26.7 Å². The van der Waals surface area contributed by atoms with Crippen LogP contribution in [0.1, 0.15) is 27.2 Å². The topological polar surface area (TPSA) is 102 Å². The number of benzene rings is 1. The monoisotopic (exact) mass is 424 g/mol. The predicted octanol–water partition coefficient (Wildman–Crippen LogP) is 2.42. The normalized spacial score (nSPS) is 13.0. The number of ether oxygens (including phenoxy) is 1. The van der Waals surface area contributed by atoms with Crippen LogP contribution in [0.5, 0.6) is 0 Å². The molecule has 0 heterocycles. The van der Waals surface area contributed by atoms with Crippen molar-refractivity contribution in [2.75, 3.05) is 12.0 Å². The lowest BCUT2D eigenvalue weighted by molar-refractivity contribution is -0.121. The van der Waals surface area contributed by atoms with Crippen LogP contribution >= 0.6 is 11.8 Å². The number of hydrogen-bond acceptors (Lipinski definition) is 6. The summed E-state index contributed by atoms with van der Waals surface area (Å²) in [6, 6.07) is 0.737. The quantitative estimate of drug-likeness (QED) is 0.697. The molecule has 0 aliphatic rings. The van der Waals surface area contributed by atoms with Crippen LogP contribution in [-0.4, -0.2) is 44.1 Å². The zero-order valence-corrected chi connectivity index (χ0v) is 17.0. The lowest BCUT2D eigenvalue weighted by Crippen LogP contribution is -2.49. The van der Waals surface area contributed by atoms with E-state index in [1.807, 2.05) is 0 Å². The van der Waals surface area contributed by atoms with Crippen LogP contribution in [0.4, 0.5) is 13.6 Å². The van der Waals surface area contributed by atoms with Gasteiger partial charge in [0, 0.05) is 0 Å². The fraction of sp³-hybridized carbons (Fsp3) is 0.500. The number of thioether (sulfide) groups is 1. The van der Waals surface area contributed by atoms with Gasteiger partial charge in [-0.05, 0) is 57.4 Å². The Morgan fingerprint density at radius 1 is 1.22 bits per heavy atom. The van der Waals surface area contributed by atoms with Crippen LogP contribution in [0.15, 0.2) is 23.1 Å². The van der Waals surface area contributed by atoms with E-state index >= 15 is 0 Å². The van der Waals surface area contributed by atoms with E-state index in [-0.39, 0.29) is 6.42 Å². The molecule has 1 atom stereocenters. The summed E-state index contributed by atoms with van der Waals surface area (Å²) < 4.78 is 57.5. The van der Waals surface area contributed by atoms with Crippen LogP contribution in [0, 0.1) is 11.6 Å². The molecule has 7 nitrogen and oxygen atoms in total. The highest BCUT2D eigenvalue weighted by Gasteiger charge is 2.28. The number of carbonyl (C=O) groups excluding carboxylic acids is 2. The van der Waals surface area contributed by atoms with Crippen molar-refractivity contribution in [2.24, 2.45) is 0 Å². The van der Waals surface area contributed by atoms with E-state index in [2.05, 4.69) is 5.32 Å². The predicted molar refractivity (Wildman–Crippen MR) is 97.8 cm³/mol. The second-order valence-corrected chi connectivity index (χ2v) is 9.19. The van der Waals surface area contributed by atoms with Crippen LogP contribution in [-0.2, 0) is 19.6 Å². The summed E-state index contributed by atoms with van der Waals surface area (Å²) in [6.07, 6.45) is 1.04. The van der Waals surface area contributed by atoms with Gasteiger partial charge in [0.25, 0.3) is 15.9 Å². The van der Waals surface area contributed by atoms with Crippen molar-refractivity contribution < 1.29 is 31.5 Å². The fourth-order valence-corrected chi connectivity index (χ4v) is 3.36. The molecule has 27 heavy (non-hydrogen) atoms. The number of rotatable bonds is 7. The summed E-state index contributed by atoms with van der Waals surface area (Å²) in [7, 11) is -4.44. The first-order valence-corrected chi connectivity index (χ1v) is 10.7. The molecule has 0 bridgehead atoms. The number of amides is 2. The fourth-order valence-electron chi connectivity index (χ4n) is 1.86. The maximum absolute atomic E-state index is 13.3. The SMILES string of the molecule is CSCCC(NC(=O)OC(C)(C)C)C(=O)NS(=O)(=O)c1ccc(F)c(F)c1. The summed E-state index contributed by atoms with van der Waals surface area (Å²) >= 11 is 1.39. The molecule has 2 N–H and O–H groups in total. The minimum Gasteiger partial charge on any atom is -0.444 e. The highest BCUT2D eigenvalue weighted by molar-refractivity contribution is 7.98. The molecule has 0 saturated heterocycles. The third-order valence-electron chi connectivity index (χ3n) is 3.05. The van der Waals surface area contributed by atoms with Gasteiger partial charge in [0.05, 0.1) is 4.90 Å². The van der Waals surface area contributed by atoms with E-state index in [4.69, 9.17) is 4.74 Å². The molecular weight excluding hydrogens is 402 g/mol. The second kappa shape index (κ2) is 9.36. The third-order valence-corrected chi connectivity index (χ3v) is 5.04. The van der Waals surface area contributed by atoms with Gasteiger partial charge in [0.15, 0.2) is 11.6 Å². The van der Waals surface area contributed by atoms with Crippen LogP contribution in [0.25, 0.3) is 0 Å². The minimum absolute atomic E-state index is 0.138. The summed E-state index contributed by atoms with van der Waals surface area (Å²) in [5.41, 5.74) is -0.803. The standard InChI is InChI=1S/C16H22F2N2O5S2/c1-16(2,3)25-15(22)19-13(7-8-26-4)14(21)20-27(23,24)10-5-6-11(17)12(18)9-10/h5-6,9,13H,7-8H2,1-4H3,(H,19,22)(H,20,21). The van der Waals surface area contributed by atoms with E-state index in [0.29, 0.717) is 17.9 Å². The van der Waals surface area contributed by atoms with Gasteiger partial charge in [-0.2, -0.15) is 11.8 Å². The molecule has 0 spiro atoms. The number of carbonyl (C=O) groups is 2. The second-order valence-electron chi connectivity index (χ2n) is 6.53. The number of sulfonamides is 1. The largest absolute Gasteiger partial charge is 0.444 e. The van der Waals surface area contributed by atoms with E-state index in [9.17, 15) is 26.8 Å². The summed E-state index contributed by atoms with van der Waals surface area (Å²) in [6.45, 7) is 4.91. The highest BCUT2D eigenvalue weighted by atomic mass is 32.2.